The first kappa shape index (κ1) is 11.1. The second kappa shape index (κ2) is 4.02. The molecule has 2 nitrogen and oxygen atoms in total. The van der Waals surface area contributed by atoms with Gasteiger partial charge in [-0.05, 0) is 43.9 Å². The van der Waals surface area contributed by atoms with E-state index in [0.29, 0.717) is 11.5 Å². The first-order valence-electron chi connectivity index (χ1n) is 6.74. The van der Waals surface area contributed by atoms with Crippen molar-refractivity contribution in [3.8, 4) is 0 Å². The zero-order valence-electron chi connectivity index (χ0n) is 10.9. The van der Waals surface area contributed by atoms with Crippen LogP contribution in [0.2, 0.25) is 0 Å². The minimum Gasteiger partial charge on any atom is -0.379 e. The van der Waals surface area contributed by atoms with E-state index in [0.717, 1.165) is 0 Å². The SMILES string of the molecule is CC1CC2(CCN(C)CC2)Nc2ccccc21. The number of para-hydroxylation sites is 1. The van der Waals surface area contributed by atoms with E-state index in [1.165, 1.54) is 43.6 Å². The maximum absolute atomic E-state index is 3.84. The van der Waals surface area contributed by atoms with Gasteiger partial charge in [-0.2, -0.15) is 0 Å². The maximum atomic E-state index is 3.84. The van der Waals surface area contributed by atoms with Crippen molar-refractivity contribution in [2.75, 3.05) is 25.5 Å². The number of anilines is 1. The first-order chi connectivity index (χ1) is 8.19. The molecule has 92 valence electrons. The van der Waals surface area contributed by atoms with Crippen LogP contribution < -0.4 is 5.32 Å². The maximum Gasteiger partial charge on any atom is 0.0404 e. The largest absolute Gasteiger partial charge is 0.379 e. The van der Waals surface area contributed by atoms with E-state index in [2.05, 4.69) is 48.5 Å². The molecule has 1 unspecified atom stereocenters. The van der Waals surface area contributed by atoms with Crippen LogP contribution in [-0.2, 0) is 0 Å². The normalized spacial score (nSPS) is 27.5. The van der Waals surface area contributed by atoms with E-state index in [9.17, 15) is 0 Å². The Kier molecular flexibility index (Phi) is 2.62. The molecule has 0 radical (unpaired) electrons. The number of nitrogens with one attached hydrogen (secondary N) is 1. The van der Waals surface area contributed by atoms with Crippen LogP contribution in [0.25, 0.3) is 0 Å². The molecule has 1 fully saturated rings. The molecule has 17 heavy (non-hydrogen) atoms. The van der Waals surface area contributed by atoms with Crippen LogP contribution in [-0.4, -0.2) is 30.6 Å². The summed E-state index contributed by atoms with van der Waals surface area (Å²) in [6.45, 7) is 4.82. The quantitative estimate of drug-likeness (QED) is 0.737. The van der Waals surface area contributed by atoms with Gasteiger partial charge in [0.1, 0.15) is 0 Å². The number of piperidine rings is 1. The van der Waals surface area contributed by atoms with Gasteiger partial charge in [0.05, 0.1) is 0 Å². The first-order valence-corrected chi connectivity index (χ1v) is 6.74. The second-order valence-corrected chi connectivity index (χ2v) is 5.90. The van der Waals surface area contributed by atoms with Crippen LogP contribution in [0, 0.1) is 0 Å². The number of hydrogen-bond acceptors (Lipinski definition) is 2. The summed E-state index contributed by atoms with van der Waals surface area (Å²) in [6, 6.07) is 8.82. The summed E-state index contributed by atoms with van der Waals surface area (Å²) < 4.78 is 0. The molecule has 0 aromatic heterocycles. The van der Waals surface area contributed by atoms with E-state index in [1.807, 2.05) is 0 Å². The van der Waals surface area contributed by atoms with Crippen molar-refractivity contribution >= 4 is 5.69 Å². The molecule has 1 atom stereocenters. The summed E-state index contributed by atoms with van der Waals surface area (Å²) in [5.41, 5.74) is 3.23. The van der Waals surface area contributed by atoms with Crippen LogP contribution >= 0.6 is 0 Å². The number of nitrogens with zero attached hydrogens (tertiary/aromatic N) is 1. The van der Waals surface area contributed by atoms with Crippen molar-refractivity contribution in [1.29, 1.82) is 0 Å². The Morgan fingerprint density at radius 2 is 1.94 bits per heavy atom. The molecule has 0 amide bonds. The van der Waals surface area contributed by atoms with Gasteiger partial charge in [-0.1, -0.05) is 25.1 Å². The summed E-state index contributed by atoms with van der Waals surface area (Å²) in [5, 5.41) is 3.84. The molecule has 2 heteroatoms. The summed E-state index contributed by atoms with van der Waals surface area (Å²) in [5.74, 6) is 0.691. The third-order valence-electron chi connectivity index (χ3n) is 4.53. The van der Waals surface area contributed by atoms with Gasteiger partial charge in [0.15, 0.2) is 0 Å². The zero-order chi connectivity index (χ0) is 11.9. The minimum absolute atomic E-state index is 0.361. The Hall–Kier alpha value is -1.02. The summed E-state index contributed by atoms with van der Waals surface area (Å²) >= 11 is 0. The number of rotatable bonds is 0. The van der Waals surface area contributed by atoms with Gasteiger partial charge in [-0.15, -0.1) is 0 Å². The second-order valence-electron chi connectivity index (χ2n) is 5.90. The van der Waals surface area contributed by atoms with Gasteiger partial charge in [-0.25, -0.2) is 0 Å². The van der Waals surface area contributed by atoms with Crippen LogP contribution in [0.3, 0.4) is 0 Å². The lowest BCUT2D eigenvalue weighted by Crippen LogP contribution is -2.50. The third kappa shape index (κ3) is 1.95. The molecule has 1 aromatic rings. The Bertz CT molecular complexity index is 405. The van der Waals surface area contributed by atoms with E-state index < -0.39 is 0 Å². The highest BCUT2D eigenvalue weighted by Crippen LogP contribution is 2.42. The molecule has 2 heterocycles. The van der Waals surface area contributed by atoms with Crippen molar-refractivity contribution in [2.45, 2.75) is 37.6 Å². The third-order valence-corrected chi connectivity index (χ3v) is 4.53. The van der Waals surface area contributed by atoms with Crippen LogP contribution in [0.1, 0.15) is 37.7 Å². The molecule has 2 aliphatic rings. The molecule has 3 rings (SSSR count). The van der Waals surface area contributed by atoms with E-state index in [-0.39, 0.29) is 0 Å². The molecule has 1 N–H and O–H groups in total. The molecular formula is C15H22N2. The highest BCUT2D eigenvalue weighted by atomic mass is 15.1. The fraction of sp³-hybridized carbons (Fsp3) is 0.600. The number of fused-ring (bicyclic) bond motifs is 1. The van der Waals surface area contributed by atoms with Crippen molar-refractivity contribution < 1.29 is 0 Å². The van der Waals surface area contributed by atoms with Gasteiger partial charge in [0.2, 0.25) is 0 Å². The average Bonchev–Trinajstić information content (AvgIpc) is 2.34. The van der Waals surface area contributed by atoms with E-state index in [1.54, 1.807) is 0 Å². The van der Waals surface area contributed by atoms with Crippen molar-refractivity contribution in [3.63, 3.8) is 0 Å². The van der Waals surface area contributed by atoms with Crippen LogP contribution in [0.4, 0.5) is 5.69 Å². The lowest BCUT2D eigenvalue weighted by molar-refractivity contribution is 0.187. The molecule has 0 bridgehead atoms. The average molecular weight is 230 g/mol. The van der Waals surface area contributed by atoms with Gasteiger partial charge in [0, 0.05) is 24.3 Å². The zero-order valence-corrected chi connectivity index (χ0v) is 10.9. The molecule has 1 saturated heterocycles. The number of likely N-dealkylation sites (tertiary alicyclic amines) is 1. The monoisotopic (exact) mass is 230 g/mol. The lowest BCUT2D eigenvalue weighted by Gasteiger charge is -2.47. The molecule has 2 aliphatic heterocycles. The molecule has 1 spiro atoms. The number of hydrogen-bond donors (Lipinski definition) is 1. The predicted octanol–water partition coefficient (Wildman–Crippen LogP) is 3.07. The van der Waals surface area contributed by atoms with E-state index in [4.69, 9.17) is 0 Å². The van der Waals surface area contributed by atoms with Gasteiger partial charge in [0.25, 0.3) is 0 Å². The fourth-order valence-electron chi connectivity index (χ4n) is 3.45. The minimum atomic E-state index is 0.361. The molecule has 0 saturated carbocycles. The van der Waals surface area contributed by atoms with Crippen LogP contribution in [0.5, 0.6) is 0 Å². The lowest BCUT2D eigenvalue weighted by atomic mass is 9.74. The summed E-state index contributed by atoms with van der Waals surface area (Å²) in [4.78, 5) is 2.44. The predicted molar refractivity (Wildman–Crippen MR) is 72.6 cm³/mol. The standard InChI is InChI=1S/C15H22N2/c1-12-11-15(7-9-17(2)10-8-15)16-14-6-4-3-5-13(12)14/h3-6,12,16H,7-11H2,1-2H3. The highest BCUT2D eigenvalue weighted by molar-refractivity contribution is 5.57. The smallest absolute Gasteiger partial charge is 0.0404 e. The van der Waals surface area contributed by atoms with Crippen molar-refractivity contribution in [3.05, 3.63) is 29.8 Å². The van der Waals surface area contributed by atoms with Crippen molar-refractivity contribution in [1.82, 2.24) is 4.90 Å². The highest BCUT2D eigenvalue weighted by Gasteiger charge is 2.38. The van der Waals surface area contributed by atoms with Crippen molar-refractivity contribution in [2.24, 2.45) is 0 Å². The molecule has 0 aliphatic carbocycles. The topological polar surface area (TPSA) is 15.3 Å². The van der Waals surface area contributed by atoms with Crippen LogP contribution in [0.15, 0.2) is 24.3 Å². The van der Waals surface area contributed by atoms with E-state index >= 15 is 0 Å². The van der Waals surface area contributed by atoms with Gasteiger partial charge in [-0.3, -0.25) is 0 Å². The Morgan fingerprint density at radius 3 is 2.71 bits per heavy atom. The fourth-order valence-corrected chi connectivity index (χ4v) is 3.45. The summed E-state index contributed by atoms with van der Waals surface area (Å²) in [7, 11) is 2.23. The number of benzene rings is 1. The Labute approximate surface area is 104 Å². The van der Waals surface area contributed by atoms with Gasteiger partial charge < -0.3 is 10.2 Å². The van der Waals surface area contributed by atoms with Gasteiger partial charge >= 0.3 is 0 Å². The molecular weight excluding hydrogens is 208 g/mol. The Morgan fingerprint density at radius 1 is 1.24 bits per heavy atom. The molecule has 1 aromatic carbocycles. The Balaban J connectivity index is 1.88. The summed E-state index contributed by atoms with van der Waals surface area (Å²) in [6.07, 6.45) is 3.85.